The molecule has 0 bridgehead atoms. The molecular formula is C101H103Cl2FN12O18S. The van der Waals surface area contributed by atoms with E-state index in [2.05, 4.69) is 0 Å². The second-order valence-corrected chi connectivity index (χ2v) is 34.2. The third kappa shape index (κ3) is 20.7. The first-order chi connectivity index (χ1) is 65.1. The average molecular weight is 1890 g/mol. The molecule has 135 heavy (non-hydrogen) atoms. The zero-order valence-electron chi connectivity index (χ0n) is 76.5. The summed E-state index contributed by atoms with van der Waals surface area (Å²) in [6.07, 6.45) is 1.46. The van der Waals surface area contributed by atoms with Gasteiger partial charge in [0.25, 0.3) is 45.9 Å². The predicted octanol–water partition coefficient (Wildman–Crippen LogP) is 13.9. The number of hydrogen-bond acceptors (Lipinski definition) is 23. The van der Waals surface area contributed by atoms with Gasteiger partial charge in [-0.15, -0.1) is 11.3 Å². The lowest BCUT2D eigenvalue weighted by molar-refractivity contribution is 0.0514. The second-order valence-electron chi connectivity index (χ2n) is 32.4. The first-order valence-corrected chi connectivity index (χ1v) is 46.0. The van der Waals surface area contributed by atoms with E-state index in [9.17, 15) is 61.9 Å². The number of halogens is 3. The van der Waals surface area contributed by atoms with Gasteiger partial charge in [-0.05, 0) is 162 Å². The number of piperazine rings is 4. The number of pyridine rings is 4. The molecule has 7 aromatic carbocycles. The van der Waals surface area contributed by atoms with Crippen molar-refractivity contribution in [2.75, 3.05) is 158 Å². The van der Waals surface area contributed by atoms with Crippen molar-refractivity contribution in [1.29, 1.82) is 0 Å². The summed E-state index contributed by atoms with van der Waals surface area (Å²) in [5.74, 6) is -2.37. The van der Waals surface area contributed by atoms with E-state index in [-0.39, 0.29) is 102 Å². The van der Waals surface area contributed by atoms with E-state index in [4.69, 9.17) is 51.3 Å². The lowest BCUT2D eigenvalue weighted by Gasteiger charge is -2.37. The molecule has 0 radical (unpaired) electrons. The number of nitrogens with zero attached hydrogens (tertiary/aromatic N) is 12. The molecule has 702 valence electrons. The molecule has 13 aromatic rings. The molecule has 0 unspecified atom stereocenters. The van der Waals surface area contributed by atoms with Gasteiger partial charge in [-0.3, -0.25) is 38.4 Å². The van der Waals surface area contributed by atoms with E-state index >= 15 is 0 Å². The van der Waals surface area contributed by atoms with Crippen molar-refractivity contribution in [2.24, 2.45) is 21.1 Å². The number of methoxy groups -OCH3 is 1. The van der Waals surface area contributed by atoms with Crippen LogP contribution in [0.4, 0.5) is 27.1 Å². The molecular weight excluding hydrogens is 1790 g/mol. The van der Waals surface area contributed by atoms with Crippen molar-refractivity contribution < 1.29 is 70.8 Å². The first kappa shape index (κ1) is 96.7. The second kappa shape index (κ2) is 43.1. The molecule has 4 saturated heterocycles. The van der Waals surface area contributed by atoms with Crippen LogP contribution in [-0.4, -0.2) is 224 Å². The largest absolute Gasteiger partial charge is 0.497 e. The number of fused-ring (bicyclic) bond motifs is 4. The van der Waals surface area contributed by atoms with Gasteiger partial charge >= 0.3 is 23.9 Å². The number of rotatable bonds is 19. The highest BCUT2D eigenvalue weighted by molar-refractivity contribution is 7.12. The van der Waals surface area contributed by atoms with Crippen molar-refractivity contribution in [3.8, 4) is 5.75 Å². The molecule has 17 rings (SSSR count). The maximum atomic E-state index is 13.9. The summed E-state index contributed by atoms with van der Waals surface area (Å²) in [5, 5.41) is 5.77. The molecule has 0 saturated carbocycles. The van der Waals surface area contributed by atoms with Gasteiger partial charge in [-0.2, -0.15) is 0 Å². The Bertz CT molecular complexity index is 6910. The van der Waals surface area contributed by atoms with Crippen LogP contribution in [0.5, 0.6) is 5.75 Å². The standard InChI is InChI=1S/C29H28FN3O5.C25H27N3O5.C24H23Cl2N3O4.C23H25N3O4S/c1-3-37-29(36)25-26(31-12-14-32(15-13-31)27(34)24-5-4-16-38-24)22-17-19(2)6-11-23(22)33(28(25)35)18-20-7-9-21(30)10-8-20;1-4-33-25(31)21-22(19-7-5-6-8-20(19)26(2)24(21)30)27-13-15-28(16-14-27)23(29)17-9-11-18(32-3)12-10-17;1-3-33-24(32)20-21(16-6-4-5-7-19(16)27(2)23(20)31)28-10-12-29(13-11-28)22(30)15-8-9-17(25)18(26)14-15;1-4-30-23(29)19-20(16-14-15(2)7-8-17(16)24(3)22(19)28)25-9-11-26(12-10-25)21(27)18-6-5-13-31-18/h4-11,16-17H,3,12-15,18H2,1-2H3;5-12H,4,13-16H2,1-3H3;4-9,14H,3,10-13H2,1-2H3;5-8,13-14H,4,9-12H2,1-3H3. The van der Waals surface area contributed by atoms with Crippen molar-refractivity contribution in [2.45, 2.75) is 48.1 Å². The molecule has 4 amide bonds. The van der Waals surface area contributed by atoms with Crippen LogP contribution in [0.25, 0.3) is 43.6 Å². The fourth-order valence-corrected chi connectivity index (χ4v) is 18.3. The quantitative estimate of drug-likeness (QED) is 0.0536. The zero-order chi connectivity index (χ0) is 96.2. The minimum absolute atomic E-state index is 0.0160. The van der Waals surface area contributed by atoms with Crippen molar-refractivity contribution in [1.82, 2.24) is 37.9 Å². The van der Waals surface area contributed by atoms with Crippen LogP contribution in [-0.2, 0) is 46.6 Å². The molecule has 0 spiro atoms. The maximum absolute atomic E-state index is 13.9. The van der Waals surface area contributed by atoms with E-state index in [1.54, 1.807) is 137 Å². The molecule has 6 aromatic heterocycles. The Kier molecular flexibility index (Phi) is 30.9. The third-order valence-corrected chi connectivity index (χ3v) is 25.7. The van der Waals surface area contributed by atoms with Gasteiger partial charge in [0, 0.05) is 159 Å². The number of esters is 4. The van der Waals surface area contributed by atoms with Gasteiger partial charge in [0.1, 0.15) is 33.8 Å². The van der Waals surface area contributed by atoms with Crippen LogP contribution in [0.2, 0.25) is 10.0 Å². The number of anilines is 4. The van der Waals surface area contributed by atoms with E-state index in [0.717, 1.165) is 59.7 Å². The molecule has 10 heterocycles. The summed E-state index contributed by atoms with van der Waals surface area (Å²) in [7, 11) is 6.55. The molecule has 4 aliphatic rings. The van der Waals surface area contributed by atoms with Crippen molar-refractivity contribution >= 4 is 148 Å². The predicted molar refractivity (Wildman–Crippen MR) is 520 cm³/mol. The normalized spacial score (nSPS) is 13.9. The number of ether oxygens (including phenoxy) is 5. The van der Waals surface area contributed by atoms with Crippen LogP contribution in [0.15, 0.2) is 211 Å². The number of aryl methyl sites for hydroxylation is 5. The summed E-state index contributed by atoms with van der Waals surface area (Å²) in [4.78, 5) is 172. The van der Waals surface area contributed by atoms with Crippen molar-refractivity contribution in [3.63, 3.8) is 0 Å². The minimum Gasteiger partial charge on any atom is -0.497 e. The first-order valence-electron chi connectivity index (χ1n) is 44.4. The molecule has 0 aliphatic carbocycles. The monoisotopic (exact) mass is 1890 g/mol. The molecule has 4 aliphatic heterocycles. The number of hydrogen-bond donors (Lipinski definition) is 0. The van der Waals surface area contributed by atoms with E-state index < -0.39 is 35.0 Å². The Morgan fingerprint density at radius 3 is 1.18 bits per heavy atom. The Balaban J connectivity index is 0.000000145. The molecule has 0 atom stereocenters. The van der Waals surface area contributed by atoms with Gasteiger partial charge in [0.05, 0.1) is 106 Å². The van der Waals surface area contributed by atoms with Crippen molar-refractivity contribution in [3.05, 3.63) is 306 Å². The van der Waals surface area contributed by atoms with Crippen LogP contribution >= 0.6 is 34.5 Å². The van der Waals surface area contributed by atoms with Gasteiger partial charge < -0.3 is 85.6 Å². The molecule has 0 N–H and O–H groups in total. The highest BCUT2D eigenvalue weighted by Gasteiger charge is 2.37. The Hall–Kier alpha value is -14.4. The fourth-order valence-electron chi connectivity index (χ4n) is 17.3. The Morgan fingerprint density at radius 2 is 0.770 bits per heavy atom. The van der Waals surface area contributed by atoms with Gasteiger partial charge in [0.15, 0.2) is 5.76 Å². The molecule has 30 nitrogen and oxygen atoms in total. The van der Waals surface area contributed by atoms with Gasteiger partial charge in [-0.25, -0.2) is 23.6 Å². The number of aromatic nitrogens is 4. The fraction of sp³-hybridized carbons (Fsp3) is 0.307. The number of para-hydroxylation sites is 2. The summed E-state index contributed by atoms with van der Waals surface area (Å²) in [5.41, 5.74) is 7.30. The van der Waals surface area contributed by atoms with Gasteiger partial charge in [0.2, 0.25) is 0 Å². The Labute approximate surface area is 790 Å². The van der Waals surface area contributed by atoms with Crippen LogP contribution in [0, 0.1) is 19.7 Å². The average Bonchev–Trinajstić information content (AvgIpc) is 1.13. The lowest BCUT2D eigenvalue weighted by Crippen LogP contribution is -2.49. The summed E-state index contributed by atoms with van der Waals surface area (Å²) in [6.45, 7) is 19.0. The number of carbonyl (C=O) groups is 8. The maximum Gasteiger partial charge on any atom is 0.345 e. The van der Waals surface area contributed by atoms with Crippen LogP contribution < -0.4 is 46.6 Å². The van der Waals surface area contributed by atoms with Gasteiger partial charge in [-0.1, -0.05) is 101 Å². The summed E-state index contributed by atoms with van der Waals surface area (Å²) < 4.78 is 50.9. The third-order valence-electron chi connectivity index (χ3n) is 24.1. The number of amides is 4. The highest BCUT2D eigenvalue weighted by atomic mass is 35.5. The zero-order valence-corrected chi connectivity index (χ0v) is 78.8. The molecule has 34 heteroatoms. The Morgan fingerprint density at radius 1 is 0.385 bits per heavy atom. The van der Waals surface area contributed by atoms with E-state index in [0.29, 0.717) is 160 Å². The summed E-state index contributed by atoms with van der Waals surface area (Å²) >= 11 is 13.5. The van der Waals surface area contributed by atoms with E-state index in [1.165, 1.54) is 48.0 Å². The number of furan rings is 1. The lowest BCUT2D eigenvalue weighted by atomic mass is 10.0. The van der Waals surface area contributed by atoms with Crippen LogP contribution in [0.3, 0.4) is 0 Å². The minimum atomic E-state index is -0.696. The summed E-state index contributed by atoms with van der Waals surface area (Å²) in [6, 6.07) is 51.3. The SMILES string of the molecule is CCOC(=O)c1c(N2CCN(C(=O)c3ccc(Cl)c(Cl)c3)CC2)c2ccccc2n(C)c1=O.CCOC(=O)c1c(N2CCN(C(=O)c3ccc(OC)cc3)CC2)c2ccccc2n(C)c1=O.CCOC(=O)c1c(N2CCN(C(=O)c3ccco3)CC2)c2cc(C)ccc2n(Cc2ccc(F)cc2)c1=O.CCOC(=O)c1c(N2CCN(C(=O)c3cccs3)CC2)c2cc(C)ccc2n(C)c1=O. The van der Waals surface area contributed by atoms with E-state index in [1.807, 2.05) is 141 Å². The highest BCUT2D eigenvalue weighted by Crippen LogP contribution is 2.38. The topological polar surface area (TPSA) is 310 Å². The number of thiophene rings is 1. The number of carbonyl (C=O) groups excluding carboxylic acids is 8. The van der Waals surface area contributed by atoms with Crippen LogP contribution in [0.1, 0.15) is 127 Å². The number of benzene rings is 7. The molecule has 4 fully saturated rings. The smallest absolute Gasteiger partial charge is 0.345 e.